The van der Waals surface area contributed by atoms with Crippen molar-refractivity contribution in [1.82, 2.24) is 15.4 Å². The maximum Gasteiger partial charge on any atom is 0.290 e. The highest BCUT2D eigenvalue weighted by Gasteiger charge is 2.13. The average Bonchev–Trinajstić information content (AvgIpc) is 2.56. The van der Waals surface area contributed by atoms with Gasteiger partial charge in [-0.2, -0.15) is 10.1 Å². The van der Waals surface area contributed by atoms with Crippen molar-refractivity contribution < 1.29 is 9.18 Å². The first-order valence-corrected chi connectivity index (χ1v) is 7.19. The summed E-state index contributed by atoms with van der Waals surface area (Å²) in [6.45, 7) is 0. The highest BCUT2D eigenvalue weighted by atomic mass is 19.1. The summed E-state index contributed by atoms with van der Waals surface area (Å²) in [6, 6.07) is 7.34. The van der Waals surface area contributed by atoms with Crippen LogP contribution in [0.15, 0.2) is 35.4 Å². The molecule has 0 aliphatic rings. The van der Waals surface area contributed by atoms with Gasteiger partial charge in [0, 0.05) is 34.3 Å². The summed E-state index contributed by atoms with van der Waals surface area (Å²) in [5.41, 5.74) is 3.28. The lowest BCUT2D eigenvalue weighted by atomic mass is 10.2. The van der Waals surface area contributed by atoms with Crippen LogP contribution >= 0.6 is 0 Å². The molecule has 2 aromatic rings. The molecule has 0 saturated heterocycles. The topological polar surface area (TPSA) is 73.7 Å². The normalized spacial score (nSPS) is 10.7. The van der Waals surface area contributed by atoms with E-state index in [0.717, 1.165) is 0 Å². The predicted molar refractivity (Wildman–Crippen MR) is 92.1 cm³/mol. The second kappa shape index (κ2) is 7.49. The van der Waals surface area contributed by atoms with E-state index in [0.29, 0.717) is 17.3 Å². The number of benzene rings is 1. The molecule has 0 bridgehead atoms. The quantitative estimate of drug-likeness (QED) is 0.664. The first kappa shape index (κ1) is 17.3. The second-order valence-electron chi connectivity index (χ2n) is 5.45. The van der Waals surface area contributed by atoms with Gasteiger partial charge in [-0.3, -0.25) is 4.79 Å². The molecule has 8 heteroatoms. The van der Waals surface area contributed by atoms with Gasteiger partial charge >= 0.3 is 0 Å². The SMILES string of the molecule is CN(C)c1cc(C(=O)NN=Cc2ccc(F)cc2)nc(N(C)C)n1. The van der Waals surface area contributed by atoms with E-state index in [9.17, 15) is 9.18 Å². The Morgan fingerprint density at radius 2 is 1.79 bits per heavy atom. The number of nitrogens with zero attached hydrogens (tertiary/aromatic N) is 5. The Hall–Kier alpha value is -3.03. The molecule has 0 radical (unpaired) electrons. The van der Waals surface area contributed by atoms with Crippen LogP contribution in [0.2, 0.25) is 0 Å². The van der Waals surface area contributed by atoms with Crippen molar-refractivity contribution >= 4 is 23.9 Å². The van der Waals surface area contributed by atoms with Gasteiger partial charge in [0.2, 0.25) is 5.95 Å². The van der Waals surface area contributed by atoms with E-state index < -0.39 is 5.91 Å². The Balaban J connectivity index is 2.15. The lowest BCUT2D eigenvalue weighted by Gasteiger charge is -2.16. The van der Waals surface area contributed by atoms with Crippen molar-refractivity contribution in [3.63, 3.8) is 0 Å². The molecule has 1 aromatic carbocycles. The lowest BCUT2D eigenvalue weighted by Crippen LogP contribution is -2.23. The van der Waals surface area contributed by atoms with E-state index in [2.05, 4.69) is 20.5 Å². The van der Waals surface area contributed by atoms with E-state index in [1.807, 2.05) is 14.1 Å². The zero-order valence-corrected chi connectivity index (χ0v) is 14.0. The molecule has 1 N–H and O–H groups in total. The summed E-state index contributed by atoms with van der Waals surface area (Å²) in [7, 11) is 7.25. The van der Waals surface area contributed by atoms with Gasteiger partial charge in [-0.25, -0.2) is 14.8 Å². The molecule has 1 aromatic heterocycles. The van der Waals surface area contributed by atoms with Crippen molar-refractivity contribution in [3.8, 4) is 0 Å². The van der Waals surface area contributed by atoms with Gasteiger partial charge < -0.3 is 9.80 Å². The van der Waals surface area contributed by atoms with Crippen LogP contribution in [0, 0.1) is 5.82 Å². The number of anilines is 2. The fourth-order valence-corrected chi connectivity index (χ4v) is 1.74. The van der Waals surface area contributed by atoms with Crippen LogP contribution in [0.4, 0.5) is 16.2 Å². The average molecular weight is 330 g/mol. The third kappa shape index (κ3) is 4.48. The fraction of sp³-hybridized carbons (Fsp3) is 0.250. The predicted octanol–water partition coefficient (Wildman–Crippen LogP) is 1.51. The molecule has 2 rings (SSSR count). The minimum absolute atomic E-state index is 0.202. The van der Waals surface area contributed by atoms with Crippen LogP contribution in [0.5, 0.6) is 0 Å². The molecule has 126 valence electrons. The molecule has 0 unspecified atom stereocenters. The Morgan fingerprint density at radius 3 is 2.38 bits per heavy atom. The Kier molecular flexibility index (Phi) is 5.41. The highest BCUT2D eigenvalue weighted by Crippen LogP contribution is 2.14. The van der Waals surface area contributed by atoms with E-state index >= 15 is 0 Å². The number of aromatic nitrogens is 2. The number of halogens is 1. The third-order valence-corrected chi connectivity index (χ3v) is 3.04. The summed E-state index contributed by atoms with van der Waals surface area (Å²) in [5, 5.41) is 3.86. The molecular weight excluding hydrogens is 311 g/mol. The molecule has 1 amide bonds. The van der Waals surface area contributed by atoms with E-state index in [1.54, 1.807) is 42.1 Å². The largest absolute Gasteiger partial charge is 0.363 e. The van der Waals surface area contributed by atoms with E-state index in [1.165, 1.54) is 18.3 Å². The van der Waals surface area contributed by atoms with Crippen LogP contribution in [0.3, 0.4) is 0 Å². The molecular formula is C16H19FN6O. The summed E-state index contributed by atoms with van der Waals surface area (Å²) >= 11 is 0. The molecule has 0 atom stereocenters. The lowest BCUT2D eigenvalue weighted by molar-refractivity contribution is 0.0950. The highest BCUT2D eigenvalue weighted by molar-refractivity contribution is 5.94. The number of hydrogen-bond donors (Lipinski definition) is 1. The number of hydrazone groups is 1. The van der Waals surface area contributed by atoms with Crippen molar-refractivity contribution in [2.45, 2.75) is 0 Å². The van der Waals surface area contributed by atoms with Crippen molar-refractivity contribution in [2.75, 3.05) is 38.0 Å². The molecule has 24 heavy (non-hydrogen) atoms. The van der Waals surface area contributed by atoms with Crippen LogP contribution in [-0.2, 0) is 0 Å². The zero-order valence-electron chi connectivity index (χ0n) is 14.0. The fourth-order valence-electron chi connectivity index (χ4n) is 1.74. The van der Waals surface area contributed by atoms with Crippen LogP contribution in [0.1, 0.15) is 16.1 Å². The van der Waals surface area contributed by atoms with Gasteiger partial charge in [0.25, 0.3) is 5.91 Å². The monoisotopic (exact) mass is 330 g/mol. The van der Waals surface area contributed by atoms with Gasteiger partial charge in [-0.15, -0.1) is 0 Å². The minimum Gasteiger partial charge on any atom is -0.363 e. The first-order chi connectivity index (χ1) is 11.4. The molecule has 0 fully saturated rings. The summed E-state index contributed by atoms with van der Waals surface area (Å²) in [5.74, 6) is 0.252. The van der Waals surface area contributed by atoms with Gasteiger partial charge in [-0.05, 0) is 17.7 Å². The minimum atomic E-state index is -0.457. The number of amides is 1. The first-order valence-electron chi connectivity index (χ1n) is 7.19. The van der Waals surface area contributed by atoms with Crippen LogP contribution < -0.4 is 15.2 Å². The number of nitrogens with one attached hydrogen (secondary N) is 1. The standard InChI is InChI=1S/C16H19FN6O/c1-22(2)14-9-13(19-16(20-14)23(3)4)15(24)21-18-10-11-5-7-12(17)8-6-11/h5-10H,1-4H3,(H,21,24). The number of carbonyl (C=O) groups excluding carboxylic acids is 1. The number of hydrogen-bond acceptors (Lipinski definition) is 6. The second-order valence-corrected chi connectivity index (χ2v) is 5.45. The van der Waals surface area contributed by atoms with Crippen LogP contribution in [0.25, 0.3) is 0 Å². The summed E-state index contributed by atoms with van der Waals surface area (Å²) in [6.07, 6.45) is 1.43. The van der Waals surface area contributed by atoms with Gasteiger partial charge in [-0.1, -0.05) is 12.1 Å². The smallest absolute Gasteiger partial charge is 0.290 e. The molecule has 7 nitrogen and oxygen atoms in total. The maximum absolute atomic E-state index is 12.8. The van der Waals surface area contributed by atoms with Crippen molar-refractivity contribution in [1.29, 1.82) is 0 Å². The van der Waals surface area contributed by atoms with Crippen molar-refractivity contribution in [2.24, 2.45) is 5.10 Å². The van der Waals surface area contributed by atoms with Gasteiger partial charge in [0.1, 0.15) is 17.3 Å². The number of rotatable bonds is 5. The van der Waals surface area contributed by atoms with E-state index in [4.69, 9.17) is 0 Å². The molecule has 1 heterocycles. The molecule has 0 saturated carbocycles. The molecule has 0 aliphatic heterocycles. The summed E-state index contributed by atoms with van der Waals surface area (Å²) in [4.78, 5) is 24.3. The zero-order chi connectivity index (χ0) is 17.7. The van der Waals surface area contributed by atoms with Crippen molar-refractivity contribution in [3.05, 3.63) is 47.4 Å². The van der Waals surface area contributed by atoms with Crippen LogP contribution in [-0.4, -0.2) is 50.3 Å². The van der Waals surface area contributed by atoms with Gasteiger partial charge in [0.05, 0.1) is 6.21 Å². The third-order valence-electron chi connectivity index (χ3n) is 3.04. The summed E-state index contributed by atoms with van der Waals surface area (Å²) < 4.78 is 12.8. The maximum atomic E-state index is 12.8. The van der Waals surface area contributed by atoms with E-state index in [-0.39, 0.29) is 11.5 Å². The van der Waals surface area contributed by atoms with Gasteiger partial charge in [0.15, 0.2) is 0 Å². The number of carbonyl (C=O) groups is 1. The Morgan fingerprint density at radius 1 is 1.12 bits per heavy atom. The Bertz CT molecular complexity index is 716. The molecule has 0 aliphatic carbocycles. The Labute approximate surface area is 139 Å². The molecule has 0 spiro atoms.